The molecule has 0 aromatic heterocycles. The van der Waals surface area contributed by atoms with E-state index in [1.807, 2.05) is 12.1 Å². The van der Waals surface area contributed by atoms with Crippen LogP contribution < -0.4 is 5.73 Å². The topological polar surface area (TPSA) is 46.2 Å². The van der Waals surface area contributed by atoms with Gasteiger partial charge in [0, 0.05) is 30.3 Å². The summed E-state index contributed by atoms with van der Waals surface area (Å²) in [6.07, 6.45) is -0.325. The molecule has 1 fully saturated rings. The summed E-state index contributed by atoms with van der Waals surface area (Å²) < 4.78 is 26.4. The van der Waals surface area contributed by atoms with Crippen LogP contribution in [0.15, 0.2) is 24.3 Å². The van der Waals surface area contributed by atoms with Crippen molar-refractivity contribution < 1.29 is 13.9 Å². The van der Waals surface area contributed by atoms with E-state index in [1.165, 1.54) is 0 Å². The summed E-state index contributed by atoms with van der Waals surface area (Å²) in [5, 5.41) is 11.1. The van der Waals surface area contributed by atoms with Crippen molar-refractivity contribution in [2.75, 3.05) is 6.54 Å². The molecular weight excluding hydrogens is 284 g/mol. The molecule has 3 N–H and O–H groups in total. The zero-order valence-corrected chi connectivity index (χ0v) is 12.0. The van der Waals surface area contributed by atoms with Gasteiger partial charge in [-0.3, -0.25) is 0 Å². The van der Waals surface area contributed by atoms with Gasteiger partial charge in [0.15, 0.2) is 0 Å². The molecule has 2 nitrogen and oxygen atoms in total. The third-order valence-corrected chi connectivity index (χ3v) is 4.42. The van der Waals surface area contributed by atoms with E-state index in [4.69, 9.17) is 17.3 Å². The number of alkyl halides is 2. The van der Waals surface area contributed by atoms with E-state index in [-0.39, 0.29) is 31.2 Å². The lowest BCUT2D eigenvalue weighted by Crippen LogP contribution is -2.37. The van der Waals surface area contributed by atoms with Crippen LogP contribution >= 0.6 is 11.6 Å². The molecule has 0 bridgehead atoms. The van der Waals surface area contributed by atoms with Gasteiger partial charge in [-0.25, -0.2) is 8.78 Å². The second-order valence-corrected chi connectivity index (χ2v) is 6.02. The van der Waals surface area contributed by atoms with Crippen molar-refractivity contribution in [3.63, 3.8) is 0 Å². The van der Waals surface area contributed by atoms with Crippen molar-refractivity contribution in [1.82, 2.24) is 0 Å². The van der Waals surface area contributed by atoms with Gasteiger partial charge in [-0.05, 0) is 36.5 Å². The van der Waals surface area contributed by atoms with E-state index in [9.17, 15) is 13.9 Å². The first kappa shape index (κ1) is 15.7. The van der Waals surface area contributed by atoms with Gasteiger partial charge in [0.05, 0.1) is 6.10 Å². The number of hydrogen-bond donors (Lipinski definition) is 2. The molecule has 2 rings (SSSR count). The number of aliphatic hydroxyl groups is 1. The molecular formula is C15H20ClF2NO. The van der Waals surface area contributed by atoms with Crippen LogP contribution in [-0.4, -0.2) is 23.7 Å². The standard InChI is InChI=1S/C15H20ClF2NO/c16-12-3-1-2-11(8-12)13(9-19)14(20)10-4-6-15(17,18)7-5-10/h1-3,8,10,13-14,20H,4-7,9,19H2. The molecule has 20 heavy (non-hydrogen) atoms. The lowest BCUT2D eigenvalue weighted by atomic mass is 9.77. The average Bonchev–Trinajstić information content (AvgIpc) is 2.39. The molecule has 1 aliphatic rings. The van der Waals surface area contributed by atoms with E-state index in [0.29, 0.717) is 17.9 Å². The largest absolute Gasteiger partial charge is 0.392 e. The van der Waals surface area contributed by atoms with Gasteiger partial charge < -0.3 is 10.8 Å². The minimum absolute atomic E-state index is 0.123. The molecule has 0 amide bonds. The van der Waals surface area contributed by atoms with Crippen LogP contribution in [0.2, 0.25) is 5.02 Å². The van der Waals surface area contributed by atoms with Crippen LogP contribution in [0.3, 0.4) is 0 Å². The van der Waals surface area contributed by atoms with Crippen molar-refractivity contribution in [3.8, 4) is 0 Å². The van der Waals surface area contributed by atoms with Crippen molar-refractivity contribution in [2.45, 2.75) is 43.6 Å². The molecule has 1 aromatic carbocycles. The summed E-state index contributed by atoms with van der Waals surface area (Å²) in [5.41, 5.74) is 6.63. The smallest absolute Gasteiger partial charge is 0.248 e. The molecule has 1 saturated carbocycles. The SMILES string of the molecule is NCC(c1cccc(Cl)c1)C(O)C1CCC(F)(F)CC1. The Labute approximate surface area is 122 Å². The highest BCUT2D eigenvalue weighted by Gasteiger charge is 2.39. The summed E-state index contributed by atoms with van der Waals surface area (Å²) in [6, 6.07) is 7.21. The second kappa shape index (κ2) is 6.37. The molecule has 1 aliphatic carbocycles. The fraction of sp³-hybridized carbons (Fsp3) is 0.600. The Morgan fingerprint density at radius 2 is 2.00 bits per heavy atom. The van der Waals surface area contributed by atoms with Crippen LogP contribution in [0, 0.1) is 5.92 Å². The van der Waals surface area contributed by atoms with Crippen molar-refractivity contribution >= 4 is 11.6 Å². The number of rotatable bonds is 4. The van der Waals surface area contributed by atoms with Gasteiger partial charge in [-0.2, -0.15) is 0 Å². The van der Waals surface area contributed by atoms with E-state index in [1.54, 1.807) is 12.1 Å². The molecule has 2 unspecified atom stereocenters. The molecule has 0 aliphatic heterocycles. The normalized spacial score (nSPS) is 22.4. The predicted octanol–water partition coefficient (Wildman–Crippen LogP) is 3.57. The van der Waals surface area contributed by atoms with E-state index in [0.717, 1.165) is 5.56 Å². The lowest BCUT2D eigenvalue weighted by molar-refractivity contribution is -0.0651. The van der Waals surface area contributed by atoms with Crippen LogP contribution in [0.1, 0.15) is 37.2 Å². The predicted molar refractivity (Wildman–Crippen MR) is 76.2 cm³/mol. The maximum Gasteiger partial charge on any atom is 0.248 e. The van der Waals surface area contributed by atoms with E-state index in [2.05, 4.69) is 0 Å². The zero-order chi connectivity index (χ0) is 14.8. The molecule has 1 aromatic rings. The second-order valence-electron chi connectivity index (χ2n) is 5.58. The Hall–Kier alpha value is -0.710. The minimum Gasteiger partial charge on any atom is -0.392 e. The summed E-state index contributed by atoms with van der Waals surface area (Å²) in [7, 11) is 0. The number of aliphatic hydroxyl groups excluding tert-OH is 1. The van der Waals surface area contributed by atoms with Gasteiger partial charge in [0.1, 0.15) is 0 Å². The van der Waals surface area contributed by atoms with Crippen molar-refractivity contribution in [2.24, 2.45) is 11.7 Å². The summed E-state index contributed by atoms with van der Waals surface area (Å²) in [6.45, 7) is 0.272. The molecule has 0 spiro atoms. The number of benzene rings is 1. The Balaban J connectivity index is 2.08. The quantitative estimate of drug-likeness (QED) is 0.893. The third kappa shape index (κ3) is 3.68. The first-order chi connectivity index (χ1) is 9.43. The Bertz CT molecular complexity index is 445. The fourth-order valence-corrected chi connectivity index (χ4v) is 3.14. The van der Waals surface area contributed by atoms with Crippen molar-refractivity contribution in [3.05, 3.63) is 34.9 Å². The van der Waals surface area contributed by atoms with Crippen LogP contribution in [0.5, 0.6) is 0 Å². The third-order valence-electron chi connectivity index (χ3n) is 4.19. The first-order valence-electron chi connectivity index (χ1n) is 6.94. The Morgan fingerprint density at radius 3 is 2.55 bits per heavy atom. The Morgan fingerprint density at radius 1 is 1.35 bits per heavy atom. The molecule has 0 heterocycles. The molecule has 0 saturated heterocycles. The molecule has 112 valence electrons. The van der Waals surface area contributed by atoms with E-state index < -0.39 is 12.0 Å². The highest BCUT2D eigenvalue weighted by Crippen LogP contribution is 2.40. The fourth-order valence-electron chi connectivity index (χ4n) is 2.94. The van der Waals surface area contributed by atoms with Gasteiger partial charge in [0.2, 0.25) is 5.92 Å². The summed E-state index contributed by atoms with van der Waals surface area (Å²) in [4.78, 5) is 0. The van der Waals surface area contributed by atoms with Gasteiger partial charge >= 0.3 is 0 Å². The monoisotopic (exact) mass is 303 g/mol. The lowest BCUT2D eigenvalue weighted by Gasteiger charge is -2.34. The summed E-state index contributed by atoms with van der Waals surface area (Å²) in [5.74, 6) is -2.96. The highest BCUT2D eigenvalue weighted by molar-refractivity contribution is 6.30. The highest BCUT2D eigenvalue weighted by atomic mass is 35.5. The summed E-state index contributed by atoms with van der Waals surface area (Å²) >= 11 is 5.95. The number of hydrogen-bond acceptors (Lipinski definition) is 2. The molecule has 5 heteroatoms. The maximum absolute atomic E-state index is 13.2. The first-order valence-corrected chi connectivity index (χ1v) is 7.32. The van der Waals surface area contributed by atoms with Crippen LogP contribution in [0.4, 0.5) is 8.78 Å². The zero-order valence-electron chi connectivity index (χ0n) is 11.2. The van der Waals surface area contributed by atoms with E-state index >= 15 is 0 Å². The maximum atomic E-state index is 13.2. The molecule has 2 atom stereocenters. The van der Waals surface area contributed by atoms with Gasteiger partial charge in [0.25, 0.3) is 0 Å². The van der Waals surface area contributed by atoms with Crippen LogP contribution in [0.25, 0.3) is 0 Å². The van der Waals surface area contributed by atoms with Gasteiger partial charge in [-0.15, -0.1) is 0 Å². The Kier molecular flexibility index (Phi) is 4.99. The minimum atomic E-state index is -2.58. The number of halogens is 3. The van der Waals surface area contributed by atoms with Crippen molar-refractivity contribution in [1.29, 1.82) is 0 Å². The average molecular weight is 304 g/mol. The van der Waals surface area contributed by atoms with Gasteiger partial charge in [-0.1, -0.05) is 23.7 Å². The molecule has 0 radical (unpaired) electrons. The number of nitrogens with two attached hydrogens (primary N) is 1. The van der Waals surface area contributed by atoms with Crippen LogP contribution in [-0.2, 0) is 0 Å².